The third-order valence-electron chi connectivity index (χ3n) is 3.26. The number of nitrogens with zero attached hydrogens (tertiary/aromatic N) is 3. The monoisotopic (exact) mass is 339 g/mol. The Balaban J connectivity index is 2.10. The number of rotatable bonds is 3. The summed E-state index contributed by atoms with van der Waals surface area (Å²) in [6, 6.07) is 15.3. The van der Waals surface area contributed by atoms with Crippen molar-refractivity contribution in [2.24, 2.45) is 16.0 Å². The van der Waals surface area contributed by atoms with Crippen LogP contribution < -0.4 is 11.3 Å². The lowest BCUT2D eigenvalue weighted by Gasteiger charge is -1.99. The smallest absolute Gasteiger partial charge is 0.301 e. The van der Waals surface area contributed by atoms with Gasteiger partial charge in [-0.3, -0.25) is 9.89 Å². The molecule has 0 bridgehead atoms. The lowest BCUT2D eigenvalue weighted by Crippen LogP contribution is -2.29. The zero-order valence-corrected chi connectivity index (χ0v) is 13.2. The van der Waals surface area contributed by atoms with Crippen molar-refractivity contribution in [2.45, 2.75) is 0 Å². The number of hydrogen-bond donors (Lipinski definition) is 3. The molecule has 0 radical (unpaired) electrons. The summed E-state index contributed by atoms with van der Waals surface area (Å²) in [5.74, 6) is 0.122. The van der Waals surface area contributed by atoms with Crippen LogP contribution in [0, 0.1) is 0 Å². The number of aromatic nitrogens is 2. The van der Waals surface area contributed by atoms with Gasteiger partial charge in [-0.05, 0) is 36.5 Å². The summed E-state index contributed by atoms with van der Waals surface area (Å²) in [6.07, 6.45) is 0. The van der Waals surface area contributed by atoms with Crippen molar-refractivity contribution < 1.29 is 5.11 Å². The van der Waals surface area contributed by atoms with E-state index in [9.17, 15) is 9.90 Å². The van der Waals surface area contributed by atoms with E-state index in [2.05, 4.69) is 15.3 Å². The fraction of sp³-hybridized carbons (Fsp3) is 0. The second-order valence-electron chi connectivity index (χ2n) is 4.90. The lowest BCUT2D eigenvalue weighted by molar-refractivity contribution is 0.475. The quantitative estimate of drug-likeness (QED) is 0.503. The van der Waals surface area contributed by atoms with Crippen LogP contribution in [0.4, 0.5) is 11.4 Å². The predicted octanol–water partition coefficient (Wildman–Crippen LogP) is 3.06. The van der Waals surface area contributed by atoms with Crippen LogP contribution in [0.2, 0.25) is 0 Å². The number of phenolic OH excluding ortho intramolecular Hbond substituents is 1. The van der Waals surface area contributed by atoms with Crippen LogP contribution in [0.5, 0.6) is 5.75 Å². The average Bonchev–Trinajstić information content (AvgIpc) is 2.92. The Bertz CT molecular complexity index is 958. The largest absolute Gasteiger partial charge is 0.508 e. The molecule has 1 aromatic heterocycles. The van der Waals surface area contributed by atoms with Crippen molar-refractivity contribution in [2.75, 3.05) is 0 Å². The number of aromatic hydroxyl groups is 1. The number of nitrogens with two attached hydrogens (primary N) is 1. The second kappa shape index (κ2) is 6.47. The van der Waals surface area contributed by atoms with Crippen LogP contribution in [-0.2, 0) is 0 Å². The van der Waals surface area contributed by atoms with Gasteiger partial charge in [0.25, 0.3) is 0 Å². The molecule has 24 heavy (non-hydrogen) atoms. The summed E-state index contributed by atoms with van der Waals surface area (Å²) in [5, 5.41) is 20.1. The molecular weight excluding hydrogens is 326 g/mol. The van der Waals surface area contributed by atoms with E-state index < -0.39 is 5.56 Å². The van der Waals surface area contributed by atoms with Gasteiger partial charge in [-0.1, -0.05) is 30.3 Å². The summed E-state index contributed by atoms with van der Waals surface area (Å²) in [6.45, 7) is 0. The molecular formula is C16H13N5O2S. The third kappa shape index (κ3) is 3.08. The van der Waals surface area contributed by atoms with Crippen molar-refractivity contribution >= 4 is 28.7 Å². The molecule has 0 aliphatic heterocycles. The molecule has 0 aliphatic rings. The van der Waals surface area contributed by atoms with Gasteiger partial charge in [-0.2, -0.15) is 9.80 Å². The number of phenols is 1. The summed E-state index contributed by atoms with van der Waals surface area (Å²) in [4.78, 5) is 12.5. The Labute approximate surface area is 142 Å². The Morgan fingerprint density at radius 1 is 1.08 bits per heavy atom. The first-order valence-electron chi connectivity index (χ1n) is 6.97. The molecule has 2 aromatic carbocycles. The van der Waals surface area contributed by atoms with Crippen LogP contribution in [0.25, 0.3) is 11.3 Å². The van der Waals surface area contributed by atoms with Gasteiger partial charge in [0, 0.05) is 5.56 Å². The molecule has 0 amide bonds. The molecule has 1 heterocycles. The van der Waals surface area contributed by atoms with Crippen molar-refractivity contribution in [3.05, 3.63) is 65.0 Å². The number of hydrogen-bond acceptors (Lipinski definition) is 5. The lowest BCUT2D eigenvalue weighted by atomic mass is 10.1. The molecule has 0 unspecified atom stereocenters. The van der Waals surface area contributed by atoms with Gasteiger partial charge in [0.05, 0.1) is 11.4 Å². The highest BCUT2D eigenvalue weighted by Crippen LogP contribution is 2.27. The van der Waals surface area contributed by atoms with Crippen LogP contribution in [-0.4, -0.2) is 20.0 Å². The molecule has 0 fully saturated rings. The fourth-order valence-electron chi connectivity index (χ4n) is 2.11. The van der Waals surface area contributed by atoms with Gasteiger partial charge in [0.1, 0.15) is 5.75 Å². The number of nitrogens with one attached hydrogen (secondary N) is 1. The molecule has 0 spiro atoms. The topological polar surface area (TPSA) is 109 Å². The van der Waals surface area contributed by atoms with E-state index in [0.29, 0.717) is 11.4 Å². The summed E-state index contributed by atoms with van der Waals surface area (Å²) < 4.78 is 1.04. The van der Waals surface area contributed by atoms with E-state index in [1.807, 2.05) is 30.3 Å². The average molecular weight is 339 g/mol. The van der Waals surface area contributed by atoms with E-state index in [-0.39, 0.29) is 16.5 Å². The van der Waals surface area contributed by atoms with Gasteiger partial charge in [-0.25, -0.2) is 0 Å². The Morgan fingerprint density at radius 2 is 1.75 bits per heavy atom. The number of aromatic amines is 1. The highest BCUT2D eigenvalue weighted by atomic mass is 32.1. The van der Waals surface area contributed by atoms with Crippen molar-refractivity contribution in [1.82, 2.24) is 9.78 Å². The Hall–Kier alpha value is -3.26. The summed E-state index contributed by atoms with van der Waals surface area (Å²) in [5.41, 5.74) is 6.90. The Morgan fingerprint density at radius 3 is 2.38 bits per heavy atom. The van der Waals surface area contributed by atoms with E-state index in [0.717, 1.165) is 10.2 Å². The highest BCUT2D eigenvalue weighted by Gasteiger charge is 2.16. The molecule has 0 aliphatic carbocycles. The summed E-state index contributed by atoms with van der Waals surface area (Å²) in [7, 11) is 0. The SMILES string of the molecule is NC(=S)n1[nH]c(-c2ccccc2)c(N=Nc2ccc(O)cc2)c1=O. The van der Waals surface area contributed by atoms with Gasteiger partial charge >= 0.3 is 5.56 Å². The van der Waals surface area contributed by atoms with Crippen LogP contribution >= 0.6 is 12.2 Å². The van der Waals surface area contributed by atoms with Gasteiger partial charge < -0.3 is 10.8 Å². The minimum absolute atomic E-state index is 0.0991. The first-order valence-corrected chi connectivity index (χ1v) is 7.38. The minimum atomic E-state index is -0.483. The number of H-pyrrole nitrogens is 1. The van der Waals surface area contributed by atoms with E-state index >= 15 is 0 Å². The highest BCUT2D eigenvalue weighted by molar-refractivity contribution is 7.80. The van der Waals surface area contributed by atoms with Crippen molar-refractivity contribution in [3.63, 3.8) is 0 Å². The Kier molecular flexibility index (Phi) is 4.21. The van der Waals surface area contributed by atoms with Crippen LogP contribution in [0.1, 0.15) is 0 Å². The fourth-order valence-corrected chi connectivity index (χ4v) is 2.24. The number of azo groups is 1. The van der Waals surface area contributed by atoms with Crippen LogP contribution in [0.3, 0.4) is 0 Å². The van der Waals surface area contributed by atoms with E-state index in [1.54, 1.807) is 12.1 Å². The minimum Gasteiger partial charge on any atom is -0.508 e. The second-order valence-corrected chi connectivity index (χ2v) is 5.31. The first-order chi connectivity index (χ1) is 11.6. The van der Waals surface area contributed by atoms with Crippen molar-refractivity contribution in [1.29, 1.82) is 0 Å². The number of thiocarbonyl (C=S) groups is 1. The zero-order valence-electron chi connectivity index (χ0n) is 12.4. The molecule has 3 aromatic rings. The maximum Gasteiger partial charge on any atom is 0.301 e. The zero-order chi connectivity index (χ0) is 17.1. The molecule has 4 N–H and O–H groups in total. The third-order valence-corrected chi connectivity index (χ3v) is 3.45. The molecule has 0 saturated carbocycles. The van der Waals surface area contributed by atoms with Gasteiger partial charge in [-0.15, -0.1) is 5.11 Å². The van der Waals surface area contributed by atoms with Crippen molar-refractivity contribution in [3.8, 4) is 17.0 Å². The molecule has 0 atom stereocenters. The standard InChI is InChI=1S/C16H13N5O2S/c17-16(24)21-15(23)14(13(20-21)10-4-2-1-3-5-10)19-18-11-6-8-12(22)9-7-11/h1-9,20,22H,(H2,17,24). The van der Waals surface area contributed by atoms with Crippen LogP contribution in [0.15, 0.2) is 69.6 Å². The van der Waals surface area contributed by atoms with E-state index in [4.69, 9.17) is 18.0 Å². The first kappa shape index (κ1) is 15.6. The maximum atomic E-state index is 12.5. The molecule has 7 nitrogen and oxygen atoms in total. The number of benzene rings is 2. The molecule has 120 valence electrons. The maximum absolute atomic E-state index is 12.5. The predicted molar refractivity (Wildman–Crippen MR) is 95.0 cm³/mol. The van der Waals surface area contributed by atoms with E-state index in [1.165, 1.54) is 12.1 Å². The van der Waals surface area contributed by atoms with Gasteiger partial charge in [0.15, 0.2) is 10.8 Å². The molecule has 0 saturated heterocycles. The normalized spacial score (nSPS) is 11.0. The van der Waals surface area contributed by atoms with Gasteiger partial charge in [0.2, 0.25) is 0 Å². The summed E-state index contributed by atoms with van der Waals surface area (Å²) >= 11 is 4.87. The molecule has 8 heteroatoms. The molecule has 3 rings (SSSR count).